The molecular weight excluding hydrogens is 232 g/mol. The van der Waals surface area contributed by atoms with Gasteiger partial charge in [-0.25, -0.2) is 0 Å². The fraction of sp³-hybridized carbons (Fsp3) is 0.714. The van der Waals surface area contributed by atoms with Crippen molar-refractivity contribution in [1.29, 1.82) is 0 Å². The first kappa shape index (κ1) is 13.3. The summed E-state index contributed by atoms with van der Waals surface area (Å²) in [5.74, 6) is -0.141. The van der Waals surface area contributed by atoms with E-state index in [1.54, 1.807) is 6.08 Å². The summed E-state index contributed by atoms with van der Waals surface area (Å²) < 4.78 is 11.1. The smallest absolute Gasteiger partial charge is 0.306 e. The van der Waals surface area contributed by atoms with E-state index in [0.717, 1.165) is 19.3 Å². The van der Waals surface area contributed by atoms with E-state index in [-0.39, 0.29) is 17.9 Å². The first-order chi connectivity index (χ1) is 8.66. The van der Waals surface area contributed by atoms with Gasteiger partial charge < -0.3 is 9.47 Å². The van der Waals surface area contributed by atoms with Gasteiger partial charge in [0.1, 0.15) is 6.10 Å². The van der Waals surface area contributed by atoms with Gasteiger partial charge in [0.2, 0.25) is 0 Å². The topological polar surface area (TPSA) is 52.6 Å². The SMILES string of the molecule is CCCCCC(=O)O[C@]12C=CC(=O)C[C@H]1OCC2. The molecule has 1 heterocycles. The van der Waals surface area contributed by atoms with Crippen molar-refractivity contribution < 1.29 is 19.1 Å². The van der Waals surface area contributed by atoms with Gasteiger partial charge in [-0.15, -0.1) is 0 Å². The van der Waals surface area contributed by atoms with Crippen LogP contribution < -0.4 is 0 Å². The first-order valence-corrected chi connectivity index (χ1v) is 6.72. The fourth-order valence-corrected chi connectivity index (χ4v) is 2.50. The number of carbonyl (C=O) groups excluding carboxylic acids is 2. The summed E-state index contributed by atoms with van der Waals surface area (Å²) in [5.41, 5.74) is -0.683. The van der Waals surface area contributed by atoms with E-state index in [9.17, 15) is 9.59 Å². The molecule has 0 aromatic heterocycles. The Labute approximate surface area is 107 Å². The highest BCUT2D eigenvalue weighted by Crippen LogP contribution is 2.36. The largest absolute Gasteiger partial charge is 0.452 e. The number of hydrogen-bond acceptors (Lipinski definition) is 4. The number of hydrogen-bond donors (Lipinski definition) is 0. The summed E-state index contributed by atoms with van der Waals surface area (Å²) >= 11 is 0. The van der Waals surface area contributed by atoms with Gasteiger partial charge in [-0.1, -0.05) is 19.8 Å². The maximum absolute atomic E-state index is 11.8. The molecule has 0 aromatic carbocycles. The molecule has 0 unspecified atom stereocenters. The molecule has 1 aliphatic carbocycles. The fourth-order valence-electron chi connectivity index (χ4n) is 2.50. The first-order valence-electron chi connectivity index (χ1n) is 6.72. The lowest BCUT2D eigenvalue weighted by Crippen LogP contribution is -2.44. The lowest BCUT2D eigenvalue weighted by Gasteiger charge is -2.32. The van der Waals surface area contributed by atoms with Gasteiger partial charge >= 0.3 is 5.97 Å². The lowest BCUT2D eigenvalue weighted by molar-refractivity contribution is -0.161. The van der Waals surface area contributed by atoms with E-state index in [4.69, 9.17) is 9.47 Å². The molecule has 0 saturated carbocycles. The number of fused-ring (bicyclic) bond motifs is 1. The zero-order valence-corrected chi connectivity index (χ0v) is 10.8. The molecule has 0 bridgehead atoms. The number of esters is 1. The number of ketones is 1. The minimum Gasteiger partial charge on any atom is -0.452 e. The van der Waals surface area contributed by atoms with Crippen LogP contribution in [-0.2, 0) is 19.1 Å². The zero-order chi connectivity index (χ0) is 13.0. The molecule has 0 N–H and O–H groups in total. The number of rotatable bonds is 5. The number of allylic oxidation sites excluding steroid dienone is 1. The van der Waals surface area contributed by atoms with E-state index in [1.807, 2.05) is 0 Å². The molecular formula is C14H20O4. The Kier molecular flexibility index (Phi) is 4.17. The van der Waals surface area contributed by atoms with Crippen LogP contribution in [0.1, 0.15) is 45.4 Å². The van der Waals surface area contributed by atoms with Crippen molar-refractivity contribution in [2.24, 2.45) is 0 Å². The molecule has 2 aliphatic rings. The van der Waals surface area contributed by atoms with Crippen LogP contribution in [0.15, 0.2) is 12.2 Å². The van der Waals surface area contributed by atoms with Crippen molar-refractivity contribution in [3.05, 3.63) is 12.2 Å². The summed E-state index contributed by atoms with van der Waals surface area (Å²) in [6, 6.07) is 0. The van der Waals surface area contributed by atoms with E-state index in [1.165, 1.54) is 6.08 Å². The van der Waals surface area contributed by atoms with Crippen LogP contribution in [0.25, 0.3) is 0 Å². The van der Waals surface area contributed by atoms with E-state index in [0.29, 0.717) is 25.9 Å². The molecule has 0 spiro atoms. The van der Waals surface area contributed by atoms with Gasteiger partial charge in [0.25, 0.3) is 0 Å². The minimum atomic E-state index is -0.683. The van der Waals surface area contributed by atoms with Crippen LogP contribution in [0.2, 0.25) is 0 Å². The Hall–Kier alpha value is -1.16. The van der Waals surface area contributed by atoms with Crippen molar-refractivity contribution in [3.8, 4) is 0 Å². The Morgan fingerprint density at radius 2 is 2.39 bits per heavy atom. The van der Waals surface area contributed by atoms with Gasteiger partial charge in [-0.3, -0.25) is 9.59 Å². The minimum absolute atomic E-state index is 0.0413. The highest BCUT2D eigenvalue weighted by atomic mass is 16.6. The quantitative estimate of drug-likeness (QED) is 0.556. The van der Waals surface area contributed by atoms with Gasteiger partial charge in [0.15, 0.2) is 11.4 Å². The predicted molar refractivity (Wildman–Crippen MR) is 66.1 cm³/mol. The molecule has 4 nitrogen and oxygen atoms in total. The molecule has 18 heavy (non-hydrogen) atoms. The average molecular weight is 252 g/mol. The third kappa shape index (κ3) is 2.80. The summed E-state index contributed by atoms with van der Waals surface area (Å²) in [5, 5.41) is 0. The molecule has 2 atom stereocenters. The third-order valence-electron chi connectivity index (χ3n) is 3.58. The molecule has 0 aromatic rings. The second-order valence-electron chi connectivity index (χ2n) is 5.00. The third-order valence-corrected chi connectivity index (χ3v) is 3.58. The van der Waals surface area contributed by atoms with Crippen molar-refractivity contribution in [1.82, 2.24) is 0 Å². The van der Waals surface area contributed by atoms with Crippen molar-refractivity contribution in [2.45, 2.75) is 57.2 Å². The Bertz CT molecular complexity index is 361. The van der Waals surface area contributed by atoms with E-state index in [2.05, 4.69) is 6.92 Å². The average Bonchev–Trinajstić information content (AvgIpc) is 2.72. The summed E-state index contributed by atoms with van der Waals surface area (Å²) in [4.78, 5) is 23.1. The summed E-state index contributed by atoms with van der Waals surface area (Å²) in [6.07, 6.45) is 7.35. The lowest BCUT2D eigenvalue weighted by atomic mass is 9.86. The van der Waals surface area contributed by atoms with Gasteiger partial charge in [0.05, 0.1) is 6.61 Å². The van der Waals surface area contributed by atoms with Gasteiger partial charge in [-0.2, -0.15) is 0 Å². The second-order valence-corrected chi connectivity index (χ2v) is 5.00. The van der Waals surface area contributed by atoms with Gasteiger partial charge in [0, 0.05) is 19.3 Å². The predicted octanol–water partition coefficient (Wildman–Crippen LogP) is 2.17. The maximum Gasteiger partial charge on any atom is 0.306 e. The molecule has 1 saturated heterocycles. The van der Waals surface area contributed by atoms with Crippen molar-refractivity contribution >= 4 is 11.8 Å². The molecule has 2 rings (SSSR count). The highest BCUT2D eigenvalue weighted by Gasteiger charge is 2.48. The Morgan fingerprint density at radius 3 is 3.17 bits per heavy atom. The van der Waals surface area contributed by atoms with E-state index >= 15 is 0 Å². The standard InChI is InChI=1S/C14H20O4/c1-2-3-4-5-13(16)18-14-7-6-11(15)10-12(14)17-9-8-14/h6-7,12H,2-5,8-10H2,1H3/t12-,14+/m1/s1. The van der Waals surface area contributed by atoms with Crippen LogP contribution in [0.4, 0.5) is 0 Å². The molecule has 0 radical (unpaired) electrons. The monoisotopic (exact) mass is 252 g/mol. The van der Waals surface area contributed by atoms with Gasteiger partial charge in [-0.05, 0) is 18.6 Å². The number of unbranched alkanes of at least 4 members (excludes halogenated alkanes) is 2. The van der Waals surface area contributed by atoms with Crippen molar-refractivity contribution in [2.75, 3.05) is 6.61 Å². The maximum atomic E-state index is 11.8. The van der Waals surface area contributed by atoms with Crippen LogP contribution in [0.5, 0.6) is 0 Å². The van der Waals surface area contributed by atoms with Crippen LogP contribution in [0, 0.1) is 0 Å². The molecule has 100 valence electrons. The molecule has 1 fully saturated rings. The Balaban J connectivity index is 1.95. The molecule has 4 heteroatoms. The van der Waals surface area contributed by atoms with Crippen molar-refractivity contribution in [3.63, 3.8) is 0 Å². The molecule has 1 aliphatic heterocycles. The van der Waals surface area contributed by atoms with Crippen LogP contribution in [0.3, 0.4) is 0 Å². The Morgan fingerprint density at radius 1 is 1.56 bits per heavy atom. The number of ether oxygens (including phenoxy) is 2. The molecule has 0 amide bonds. The zero-order valence-electron chi connectivity index (χ0n) is 10.8. The summed E-state index contributed by atoms with van der Waals surface area (Å²) in [6.45, 7) is 2.64. The van der Waals surface area contributed by atoms with E-state index < -0.39 is 5.60 Å². The van der Waals surface area contributed by atoms with Crippen LogP contribution in [-0.4, -0.2) is 30.1 Å². The summed E-state index contributed by atoms with van der Waals surface area (Å²) in [7, 11) is 0. The van der Waals surface area contributed by atoms with Crippen LogP contribution >= 0.6 is 0 Å². The second kappa shape index (κ2) is 5.65. The normalized spacial score (nSPS) is 30.3. The number of carbonyl (C=O) groups is 2. The highest BCUT2D eigenvalue weighted by molar-refractivity contribution is 5.91.